The van der Waals surface area contributed by atoms with E-state index in [1.165, 1.54) is 0 Å². The zero-order chi connectivity index (χ0) is 14.0. The lowest BCUT2D eigenvalue weighted by Gasteiger charge is -2.21. The van der Waals surface area contributed by atoms with Crippen LogP contribution in [0.15, 0.2) is 18.2 Å². The molecule has 0 saturated heterocycles. The third-order valence-electron chi connectivity index (χ3n) is 3.30. The number of hydrogen-bond acceptors (Lipinski definition) is 3. The van der Waals surface area contributed by atoms with Gasteiger partial charge in [-0.3, -0.25) is 4.79 Å². The third-order valence-corrected chi connectivity index (χ3v) is 3.30. The summed E-state index contributed by atoms with van der Waals surface area (Å²) >= 11 is 0. The fourth-order valence-electron chi connectivity index (χ4n) is 2.33. The lowest BCUT2D eigenvalue weighted by Crippen LogP contribution is -2.25. The molecule has 0 aliphatic rings. The minimum atomic E-state index is -0.447. The van der Waals surface area contributed by atoms with Gasteiger partial charge in [0.25, 0.3) is 5.91 Å². The number of fused-ring (bicyclic) bond motifs is 1. The van der Waals surface area contributed by atoms with E-state index in [-0.39, 0.29) is 0 Å². The lowest BCUT2D eigenvalue weighted by molar-refractivity contribution is 0.0997. The summed E-state index contributed by atoms with van der Waals surface area (Å²) in [5.74, 6) is 0.313. The molecule has 5 nitrogen and oxygen atoms in total. The Bertz CT molecular complexity index is 600. The lowest BCUT2D eigenvalue weighted by atomic mass is 10.2. The van der Waals surface area contributed by atoms with Crippen LogP contribution in [0.25, 0.3) is 10.9 Å². The molecule has 102 valence electrons. The summed E-state index contributed by atoms with van der Waals surface area (Å²) in [7, 11) is 1.62. The van der Waals surface area contributed by atoms with Crippen molar-refractivity contribution in [3.05, 3.63) is 23.9 Å². The molecule has 3 N–H and O–H groups in total. The first-order valence-electron chi connectivity index (χ1n) is 6.36. The van der Waals surface area contributed by atoms with Crippen LogP contribution in [-0.2, 0) is 0 Å². The van der Waals surface area contributed by atoms with Gasteiger partial charge in [-0.25, -0.2) is 0 Å². The maximum atomic E-state index is 11.6. The molecule has 0 spiro atoms. The van der Waals surface area contributed by atoms with Crippen molar-refractivity contribution >= 4 is 22.5 Å². The van der Waals surface area contributed by atoms with E-state index in [0.717, 1.165) is 35.4 Å². The smallest absolute Gasteiger partial charge is 0.267 e. The highest BCUT2D eigenvalue weighted by Crippen LogP contribution is 2.33. The van der Waals surface area contributed by atoms with Gasteiger partial charge in [0.2, 0.25) is 0 Å². The molecule has 0 aliphatic carbocycles. The van der Waals surface area contributed by atoms with Crippen molar-refractivity contribution in [1.29, 1.82) is 0 Å². The van der Waals surface area contributed by atoms with Crippen LogP contribution in [0.5, 0.6) is 5.75 Å². The Hall–Kier alpha value is -2.17. The normalized spacial score (nSPS) is 10.7. The summed E-state index contributed by atoms with van der Waals surface area (Å²) in [6.45, 7) is 5.71. The number of aromatic amines is 1. The van der Waals surface area contributed by atoms with Crippen molar-refractivity contribution in [2.75, 3.05) is 25.1 Å². The van der Waals surface area contributed by atoms with E-state index in [9.17, 15) is 4.79 Å². The summed E-state index contributed by atoms with van der Waals surface area (Å²) in [6, 6.07) is 5.68. The number of aromatic nitrogens is 1. The quantitative estimate of drug-likeness (QED) is 0.866. The number of nitrogens with zero attached hydrogens (tertiary/aromatic N) is 1. The molecule has 19 heavy (non-hydrogen) atoms. The van der Waals surface area contributed by atoms with Gasteiger partial charge in [-0.15, -0.1) is 0 Å². The van der Waals surface area contributed by atoms with Gasteiger partial charge in [-0.2, -0.15) is 0 Å². The first-order chi connectivity index (χ1) is 9.12. The summed E-state index contributed by atoms with van der Waals surface area (Å²) in [6.07, 6.45) is 0. The maximum Gasteiger partial charge on any atom is 0.267 e. The monoisotopic (exact) mass is 261 g/mol. The van der Waals surface area contributed by atoms with E-state index in [2.05, 4.69) is 9.88 Å². The van der Waals surface area contributed by atoms with Crippen molar-refractivity contribution in [1.82, 2.24) is 4.98 Å². The van der Waals surface area contributed by atoms with Crippen molar-refractivity contribution in [3.8, 4) is 5.75 Å². The van der Waals surface area contributed by atoms with Crippen LogP contribution in [0.4, 0.5) is 5.69 Å². The van der Waals surface area contributed by atoms with E-state index < -0.39 is 5.91 Å². The van der Waals surface area contributed by atoms with Crippen molar-refractivity contribution < 1.29 is 9.53 Å². The van der Waals surface area contributed by atoms with Crippen LogP contribution in [0, 0.1) is 0 Å². The molecule has 2 rings (SSSR count). The Morgan fingerprint density at radius 1 is 1.37 bits per heavy atom. The summed E-state index contributed by atoms with van der Waals surface area (Å²) in [4.78, 5) is 16.8. The molecule has 5 heteroatoms. The number of anilines is 1. The predicted octanol–water partition coefficient (Wildman–Crippen LogP) is 2.12. The number of ether oxygens (including phenoxy) is 1. The topological polar surface area (TPSA) is 71.3 Å². The Morgan fingerprint density at radius 3 is 2.58 bits per heavy atom. The number of carbonyl (C=O) groups is 1. The zero-order valence-corrected chi connectivity index (χ0v) is 11.5. The van der Waals surface area contributed by atoms with E-state index >= 15 is 0 Å². The molecule has 0 radical (unpaired) electrons. The Labute approximate surface area is 112 Å². The molecular weight excluding hydrogens is 242 g/mol. The molecule has 0 atom stereocenters. The fraction of sp³-hybridized carbons (Fsp3) is 0.357. The van der Waals surface area contributed by atoms with Gasteiger partial charge in [0.05, 0.1) is 12.8 Å². The van der Waals surface area contributed by atoms with E-state index in [4.69, 9.17) is 10.5 Å². The molecule has 1 aromatic heterocycles. The van der Waals surface area contributed by atoms with Gasteiger partial charge in [-0.1, -0.05) is 0 Å². The van der Waals surface area contributed by atoms with Crippen LogP contribution in [0.1, 0.15) is 24.3 Å². The molecule has 1 aromatic carbocycles. The molecule has 0 fully saturated rings. The number of methoxy groups -OCH3 is 1. The largest absolute Gasteiger partial charge is 0.497 e. The van der Waals surface area contributed by atoms with Crippen LogP contribution in [0.2, 0.25) is 0 Å². The third kappa shape index (κ3) is 2.23. The maximum absolute atomic E-state index is 11.6. The highest BCUT2D eigenvalue weighted by atomic mass is 16.5. The highest BCUT2D eigenvalue weighted by molar-refractivity contribution is 6.08. The standard InChI is InChI=1S/C14H19N3O2/c1-4-17(5-2)13-10-8-9(19-3)6-7-11(10)16-12(13)14(15)18/h6-8,16H,4-5H2,1-3H3,(H2,15,18). The number of H-pyrrole nitrogens is 1. The van der Waals surface area contributed by atoms with Crippen molar-refractivity contribution in [2.24, 2.45) is 5.73 Å². The predicted molar refractivity (Wildman–Crippen MR) is 76.9 cm³/mol. The second-order valence-corrected chi connectivity index (χ2v) is 4.30. The number of nitrogens with two attached hydrogens (primary N) is 1. The molecule has 0 unspecified atom stereocenters. The second-order valence-electron chi connectivity index (χ2n) is 4.30. The van der Waals surface area contributed by atoms with Gasteiger partial charge in [-0.05, 0) is 32.0 Å². The van der Waals surface area contributed by atoms with Gasteiger partial charge in [0, 0.05) is 24.0 Å². The molecule has 0 saturated carbocycles. The molecule has 0 aliphatic heterocycles. The van der Waals surface area contributed by atoms with Crippen LogP contribution in [0.3, 0.4) is 0 Å². The highest BCUT2D eigenvalue weighted by Gasteiger charge is 2.19. The van der Waals surface area contributed by atoms with E-state index in [1.807, 2.05) is 32.0 Å². The van der Waals surface area contributed by atoms with Gasteiger partial charge in [0.15, 0.2) is 0 Å². The number of amides is 1. The van der Waals surface area contributed by atoms with Crippen molar-refractivity contribution in [3.63, 3.8) is 0 Å². The minimum absolute atomic E-state index is 0.447. The second kappa shape index (κ2) is 5.22. The van der Waals surface area contributed by atoms with Gasteiger partial charge >= 0.3 is 0 Å². The molecule has 1 heterocycles. The Kier molecular flexibility index (Phi) is 3.64. The average Bonchev–Trinajstić information content (AvgIpc) is 2.79. The van der Waals surface area contributed by atoms with Crippen molar-refractivity contribution in [2.45, 2.75) is 13.8 Å². The molecule has 1 amide bonds. The first kappa shape index (κ1) is 13.3. The number of rotatable bonds is 5. The minimum Gasteiger partial charge on any atom is -0.497 e. The Morgan fingerprint density at radius 2 is 2.05 bits per heavy atom. The summed E-state index contributed by atoms with van der Waals surface area (Å²) in [5.41, 5.74) is 7.66. The van der Waals surface area contributed by atoms with Gasteiger partial charge in [0.1, 0.15) is 11.4 Å². The van der Waals surface area contributed by atoms with E-state index in [1.54, 1.807) is 7.11 Å². The number of nitrogens with one attached hydrogen (secondary N) is 1. The summed E-state index contributed by atoms with van der Waals surface area (Å²) in [5, 5.41) is 0.955. The number of primary amides is 1. The van der Waals surface area contributed by atoms with Crippen LogP contribution in [-0.4, -0.2) is 31.1 Å². The van der Waals surface area contributed by atoms with Crippen LogP contribution < -0.4 is 15.4 Å². The Balaban J connectivity index is 2.73. The molecule has 0 bridgehead atoms. The fourth-order valence-corrected chi connectivity index (χ4v) is 2.33. The zero-order valence-electron chi connectivity index (χ0n) is 11.5. The number of benzene rings is 1. The summed E-state index contributed by atoms with van der Waals surface area (Å²) < 4.78 is 5.25. The van der Waals surface area contributed by atoms with Gasteiger partial charge < -0.3 is 20.4 Å². The SMILES string of the molecule is CCN(CC)c1c(C(N)=O)[nH]c2ccc(OC)cc12. The van der Waals surface area contributed by atoms with E-state index in [0.29, 0.717) is 5.69 Å². The number of hydrogen-bond donors (Lipinski definition) is 2. The number of carbonyl (C=O) groups excluding carboxylic acids is 1. The van der Waals surface area contributed by atoms with Crippen LogP contribution >= 0.6 is 0 Å². The molecular formula is C14H19N3O2. The molecule has 2 aromatic rings. The average molecular weight is 261 g/mol. The first-order valence-corrected chi connectivity index (χ1v) is 6.36.